The fourth-order valence-corrected chi connectivity index (χ4v) is 2.85. The second kappa shape index (κ2) is 7.73. The molecule has 0 unspecified atom stereocenters. The van der Waals surface area contributed by atoms with Crippen LogP contribution in [0.5, 0.6) is 0 Å². The molecular weight excluding hydrogens is 238 g/mol. The number of oxime groups is 1. The molecule has 1 aliphatic carbocycles. The molecule has 4 heteroatoms. The molecule has 0 aromatic carbocycles. The van der Waals surface area contributed by atoms with Gasteiger partial charge in [0.25, 0.3) is 0 Å². The number of amidine groups is 1. The van der Waals surface area contributed by atoms with Crippen LogP contribution in [0.1, 0.15) is 65.7 Å². The van der Waals surface area contributed by atoms with E-state index in [0.29, 0.717) is 11.9 Å². The van der Waals surface area contributed by atoms with Crippen molar-refractivity contribution in [3.05, 3.63) is 0 Å². The molecule has 0 radical (unpaired) electrons. The first kappa shape index (κ1) is 16.3. The van der Waals surface area contributed by atoms with Gasteiger partial charge in [-0.3, -0.25) is 0 Å². The first-order chi connectivity index (χ1) is 8.97. The average Bonchev–Trinajstić information content (AvgIpc) is 2.66. The van der Waals surface area contributed by atoms with Crippen LogP contribution in [0.4, 0.5) is 0 Å². The zero-order valence-corrected chi connectivity index (χ0v) is 12.8. The van der Waals surface area contributed by atoms with Crippen molar-refractivity contribution < 1.29 is 5.21 Å². The van der Waals surface area contributed by atoms with Crippen molar-refractivity contribution in [1.82, 2.24) is 5.32 Å². The van der Waals surface area contributed by atoms with Gasteiger partial charge >= 0.3 is 0 Å². The highest BCUT2D eigenvalue weighted by molar-refractivity contribution is 5.85. The Labute approximate surface area is 117 Å². The van der Waals surface area contributed by atoms with E-state index < -0.39 is 0 Å². The van der Waals surface area contributed by atoms with Crippen molar-refractivity contribution in [3.63, 3.8) is 0 Å². The number of nitrogens with two attached hydrogens (primary N) is 1. The summed E-state index contributed by atoms with van der Waals surface area (Å²) in [5, 5.41) is 15.5. The standard InChI is InChI=1S/C15H31N3O/c1-12(13-8-6-4-5-7-9-13)17-11-10-15(2,3)14(16)18-19/h12-13,17,19H,4-11H2,1-3H3,(H2,16,18)/t12-/m1/s1. The van der Waals surface area contributed by atoms with Gasteiger partial charge in [-0.2, -0.15) is 0 Å². The van der Waals surface area contributed by atoms with Gasteiger partial charge in [0, 0.05) is 11.5 Å². The van der Waals surface area contributed by atoms with Gasteiger partial charge in [0.2, 0.25) is 0 Å². The molecule has 0 saturated heterocycles. The van der Waals surface area contributed by atoms with Crippen molar-refractivity contribution >= 4 is 5.84 Å². The van der Waals surface area contributed by atoms with E-state index in [4.69, 9.17) is 10.9 Å². The molecule has 0 spiro atoms. The molecule has 0 aromatic rings. The maximum atomic E-state index is 8.76. The highest BCUT2D eigenvalue weighted by Crippen LogP contribution is 2.26. The van der Waals surface area contributed by atoms with E-state index in [2.05, 4.69) is 17.4 Å². The van der Waals surface area contributed by atoms with Crippen molar-refractivity contribution in [2.75, 3.05) is 6.54 Å². The van der Waals surface area contributed by atoms with E-state index in [1.165, 1.54) is 38.5 Å². The van der Waals surface area contributed by atoms with Crippen LogP contribution < -0.4 is 11.1 Å². The number of rotatable bonds is 6. The summed E-state index contributed by atoms with van der Waals surface area (Å²) in [4.78, 5) is 0. The third kappa shape index (κ3) is 5.39. The predicted octanol–water partition coefficient (Wildman–Crippen LogP) is 3.10. The minimum absolute atomic E-state index is 0.245. The summed E-state index contributed by atoms with van der Waals surface area (Å²) in [7, 11) is 0. The maximum Gasteiger partial charge on any atom is 0.144 e. The molecule has 0 heterocycles. The molecule has 1 saturated carbocycles. The second-order valence-electron chi connectivity index (χ2n) is 6.61. The van der Waals surface area contributed by atoms with Crippen LogP contribution in [0.25, 0.3) is 0 Å². The minimum atomic E-state index is -0.245. The lowest BCUT2D eigenvalue weighted by atomic mass is 9.87. The molecule has 112 valence electrons. The Hall–Kier alpha value is -0.770. The predicted molar refractivity (Wildman–Crippen MR) is 80.5 cm³/mol. The van der Waals surface area contributed by atoms with Gasteiger partial charge in [0.15, 0.2) is 0 Å². The van der Waals surface area contributed by atoms with Crippen LogP contribution >= 0.6 is 0 Å². The van der Waals surface area contributed by atoms with Crippen molar-refractivity contribution in [2.45, 2.75) is 71.8 Å². The van der Waals surface area contributed by atoms with E-state index in [-0.39, 0.29) is 5.41 Å². The van der Waals surface area contributed by atoms with E-state index in [1.54, 1.807) is 0 Å². The van der Waals surface area contributed by atoms with Gasteiger partial charge in [0.1, 0.15) is 5.84 Å². The molecular formula is C15H31N3O. The molecule has 4 N–H and O–H groups in total. The van der Waals surface area contributed by atoms with Crippen LogP contribution in [0, 0.1) is 11.3 Å². The summed E-state index contributed by atoms with van der Waals surface area (Å²) in [5.41, 5.74) is 5.46. The molecule has 1 atom stereocenters. The zero-order valence-electron chi connectivity index (χ0n) is 12.8. The normalized spacial score (nSPS) is 21.1. The number of hydrogen-bond donors (Lipinski definition) is 3. The SMILES string of the molecule is C[C@@H](NCCC(C)(C)C(N)=NO)C1CCCCCC1. The molecule has 0 aliphatic heterocycles. The number of nitrogens with one attached hydrogen (secondary N) is 1. The molecule has 0 aromatic heterocycles. The topological polar surface area (TPSA) is 70.6 Å². The van der Waals surface area contributed by atoms with Crippen LogP contribution in [0.3, 0.4) is 0 Å². The summed E-state index contributed by atoms with van der Waals surface area (Å²) in [6.07, 6.45) is 9.17. The van der Waals surface area contributed by atoms with Gasteiger partial charge in [-0.15, -0.1) is 0 Å². The van der Waals surface area contributed by atoms with E-state index in [9.17, 15) is 0 Å². The van der Waals surface area contributed by atoms with Crippen molar-refractivity contribution in [1.29, 1.82) is 0 Å². The average molecular weight is 269 g/mol. The number of nitrogens with zero attached hydrogens (tertiary/aromatic N) is 1. The third-order valence-corrected chi connectivity index (χ3v) is 4.62. The van der Waals surface area contributed by atoms with Gasteiger partial charge in [-0.25, -0.2) is 0 Å². The van der Waals surface area contributed by atoms with Crippen LogP contribution in [-0.2, 0) is 0 Å². The van der Waals surface area contributed by atoms with Gasteiger partial charge < -0.3 is 16.3 Å². The smallest absolute Gasteiger partial charge is 0.144 e. The van der Waals surface area contributed by atoms with Crippen LogP contribution in [-0.4, -0.2) is 23.6 Å². The molecule has 1 fully saturated rings. The Morgan fingerprint density at radius 1 is 1.32 bits per heavy atom. The Morgan fingerprint density at radius 2 is 1.89 bits per heavy atom. The molecule has 0 amide bonds. The summed E-state index contributed by atoms with van der Waals surface area (Å²) in [6.45, 7) is 7.24. The number of hydrogen-bond acceptors (Lipinski definition) is 3. The lowest BCUT2D eigenvalue weighted by molar-refractivity contribution is 0.298. The Bertz CT molecular complexity index is 281. The summed E-state index contributed by atoms with van der Waals surface area (Å²) in [6, 6.07) is 0.571. The largest absolute Gasteiger partial charge is 0.409 e. The van der Waals surface area contributed by atoms with Gasteiger partial charge in [0.05, 0.1) is 0 Å². The minimum Gasteiger partial charge on any atom is -0.409 e. The van der Waals surface area contributed by atoms with Crippen molar-refractivity contribution in [2.24, 2.45) is 22.2 Å². The second-order valence-corrected chi connectivity index (χ2v) is 6.61. The molecule has 1 rings (SSSR count). The Balaban J connectivity index is 2.31. The van der Waals surface area contributed by atoms with Crippen LogP contribution in [0.2, 0.25) is 0 Å². The lowest BCUT2D eigenvalue weighted by Gasteiger charge is -2.27. The highest BCUT2D eigenvalue weighted by Gasteiger charge is 2.24. The Morgan fingerprint density at radius 3 is 2.42 bits per heavy atom. The van der Waals surface area contributed by atoms with E-state index >= 15 is 0 Å². The third-order valence-electron chi connectivity index (χ3n) is 4.62. The Kier molecular flexibility index (Phi) is 6.63. The van der Waals surface area contributed by atoms with Gasteiger partial charge in [-0.05, 0) is 38.6 Å². The molecule has 19 heavy (non-hydrogen) atoms. The molecule has 1 aliphatic rings. The monoisotopic (exact) mass is 269 g/mol. The zero-order chi connectivity index (χ0) is 14.3. The highest BCUT2D eigenvalue weighted by atomic mass is 16.4. The summed E-state index contributed by atoms with van der Waals surface area (Å²) < 4.78 is 0. The first-order valence-electron chi connectivity index (χ1n) is 7.69. The molecule has 4 nitrogen and oxygen atoms in total. The van der Waals surface area contributed by atoms with E-state index in [0.717, 1.165) is 18.9 Å². The fourth-order valence-electron chi connectivity index (χ4n) is 2.85. The summed E-state index contributed by atoms with van der Waals surface area (Å²) in [5.74, 6) is 1.13. The lowest BCUT2D eigenvalue weighted by Crippen LogP contribution is -2.39. The fraction of sp³-hybridized carbons (Fsp3) is 0.933. The van der Waals surface area contributed by atoms with Crippen LogP contribution in [0.15, 0.2) is 5.16 Å². The quantitative estimate of drug-likeness (QED) is 0.228. The van der Waals surface area contributed by atoms with Gasteiger partial charge in [-0.1, -0.05) is 44.7 Å². The summed E-state index contributed by atoms with van der Waals surface area (Å²) >= 11 is 0. The first-order valence-corrected chi connectivity index (χ1v) is 7.69. The molecule has 0 bridgehead atoms. The van der Waals surface area contributed by atoms with Crippen molar-refractivity contribution in [3.8, 4) is 0 Å². The maximum absolute atomic E-state index is 8.76. The van der Waals surface area contributed by atoms with E-state index in [1.807, 2.05) is 13.8 Å².